The minimum absolute atomic E-state index is 0.287. The van der Waals surface area contributed by atoms with Gasteiger partial charge in [0.1, 0.15) is 0 Å². The molecule has 1 N–H and O–H groups in total. The summed E-state index contributed by atoms with van der Waals surface area (Å²) in [6, 6.07) is 12.5. The molecule has 0 aromatic heterocycles. The Morgan fingerprint density at radius 3 is 2.52 bits per heavy atom. The summed E-state index contributed by atoms with van der Waals surface area (Å²) in [5.74, 6) is 0. The smallest absolute Gasteiger partial charge is 0.381 e. The first-order valence-corrected chi connectivity index (χ1v) is 6.31. The van der Waals surface area contributed by atoms with Crippen molar-refractivity contribution < 1.29 is 13.2 Å². The lowest BCUT2D eigenvalue weighted by atomic mass is 10.1. The van der Waals surface area contributed by atoms with Crippen molar-refractivity contribution in [1.82, 2.24) is 0 Å². The minimum atomic E-state index is -4.33. The van der Waals surface area contributed by atoms with Crippen LogP contribution in [-0.4, -0.2) is 0 Å². The van der Waals surface area contributed by atoms with E-state index in [0.717, 1.165) is 23.4 Å². The Balaban J connectivity index is 2.10. The molecule has 0 saturated heterocycles. The number of halogens is 3. The molecule has 21 heavy (non-hydrogen) atoms. The molecule has 0 aliphatic heterocycles. The standard InChI is InChI=1S/C16H13F3N2/c1-11-7-15(6-5-13(11)9-20)21-10-12-3-2-4-14(8-12)16(17,18)19/h2-8,21H,10H2,1H3. The Bertz CT molecular complexity index is 685. The van der Waals surface area contributed by atoms with Crippen LogP contribution in [0.4, 0.5) is 18.9 Å². The average Bonchev–Trinajstić information content (AvgIpc) is 2.45. The first-order valence-electron chi connectivity index (χ1n) is 6.31. The van der Waals surface area contributed by atoms with Gasteiger partial charge in [0.05, 0.1) is 17.2 Å². The number of nitriles is 1. The second-order valence-electron chi connectivity index (χ2n) is 4.69. The summed E-state index contributed by atoms with van der Waals surface area (Å²) in [7, 11) is 0. The van der Waals surface area contributed by atoms with Crippen LogP contribution in [0.3, 0.4) is 0 Å². The zero-order valence-electron chi connectivity index (χ0n) is 11.3. The van der Waals surface area contributed by atoms with Gasteiger partial charge in [-0.25, -0.2) is 0 Å². The highest BCUT2D eigenvalue weighted by molar-refractivity contribution is 5.51. The molecule has 0 atom stereocenters. The molecule has 2 nitrogen and oxygen atoms in total. The number of anilines is 1. The second kappa shape index (κ2) is 5.88. The number of hydrogen-bond donors (Lipinski definition) is 1. The lowest BCUT2D eigenvalue weighted by Gasteiger charge is -2.11. The van der Waals surface area contributed by atoms with Crippen molar-refractivity contribution >= 4 is 5.69 Å². The van der Waals surface area contributed by atoms with Gasteiger partial charge in [-0.15, -0.1) is 0 Å². The summed E-state index contributed by atoms with van der Waals surface area (Å²) in [6.07, 6.45) is -4.33. The number of hydrogen-bond acceptors (Lipinski definition) is 2. The SMILES string of the molecule is Cc1cc(NCc2cccc(C(F)(F)F)c2)ccc1C#N. The predicted molar refractivity (Wildman–Crippen MR) is 74.7 cm³/mol. The maximum atomic E-state index is 12.6. The zero-order chi connectivity index (χ0) is 15.5. The van der Waals surface area contributed by atoms with E-state index < -0.39 is 11.7 Å². The van der Waals surface area contributed by atoms with Gasteiger partial charge in [0, 0.05) is 12.2 Å². The fourth-order valence-electron chi connectivity index (χ4n) is 1.96. The van der Waals surface area contributed by atoms with E-state index in [4.69, 9.17) is 5.26 Å². The van der Waals surface area contributed by atoms with Gasteiger partial charge >= 0.3 is 6.18 Å². The second-order valence-corrected chi connectivity index (χ2v) is 4.69. The van der Waals surface area contributed by atoms with Gasteiger partial charge in [-0.3, -0.25) is 0 Å². The van der Waals surface area contributed by atoms with Crippen molar-refractivity contribution in [2.45, 2.75) is 19.6 Å². The van der Waals surface area contributed by atoms with E-state index in [-0.39, 0.29) is 6.54 Å². The number of aryl methyl sites for hydroxylation is 1. The van der Waals surface area contributed by atoms with Crippen molar-refractivity contribution in [1.29, 1.82) is 5.26 Å². The molecule has 0 bridgehead atoms. The predicted octanol–water partition coefficient (Wildman–Crippen LogP) is 4.50. The maximum Gasteiger partial charge on any atom is 0.416 e. The molecule has 0 amide bonds. The first-order chi connectivity index (χ1) is 9.90. The topological polar surface area (TPSA) is 35.8 Å². The van der Waals surface area contributed by atoms with Crippen molar-refractivity contribution in [3.63, 3.8) is 0 Å². The van der Waals surface area contributed by atoms with Gasteiger partial charge in [0.15, 0.2) is 0 Å². The molecular weight excluding hydrogens is 277 g/mol. The largest absolute Gasteiger partial charge is 0.416 e. The molecule has 108 valence electrons. The van der Waals surface area contributed by atoms with Crippen molar-refractivity contribution in [2.24, 2.45) is 0 Å². The van der Waals surface area contributed by atoms with E-state index in [1.54, 1.807) is 24.3 Å². The van der Waals surface area contributed by atoms with E-state index in [2.05, 4.69) is 11.4 Å². The van der Waals surface area contributed by atoms with Gasteiger partial charge in [-0.2, -0.15) is 18.4 Å². The zero-order valence-corrected chi connectivity index (χ0v) is 11.3. The van der Waals surface area contributed by atoms with Gasteiger partial charge in [-0.05, 0) is 48.4 Å². The Labute approximate surface area is 120 Å². The van der Waals surface area contributed by atoms with E-state index in [0.29, 0.717) is 11.1 Å². The molecule has 2 aromatic carbocycles. The van der Waals surface area contributed by atoms with Crippen LogP contribution in [0.1, 0.15) is 22.3 Å². The van der Waals surface area contributed by atoms with Crippen molar-refractivity contribution in [2.75, 3.05) is 5.32 Å². The number of benzene rings is 2. The van der Waals surface area contributed by atoms with Crippen LogP contribution in [0.15, 0.2) is 42.5 Å². The Morgan fingerprint density at radius 2 is 1.90 bits per heavy atom. The number of rotatable bonds is 3. The molecular formula is C16H13F3N2. The van der Waals surface area contributed by atoms with Crippen LogP contribution in [0.5, 0.6) is 0 Å². The number of nitrogens with zero attached hydrogens (tertiary/aromatic N) is 1. The fourth-order valence-corrected chi connectivity index (χ4v) is 1.96. The van der Waals surface area contributed by atoms with Gasteiger partial charge < -0.3 is 5.32 Å². The van der Waals surface area contributed by atoms with Crippen molar-refractivity contribution in [3.05, 3.63) is 64.7 Å². The molecule has 0 aliphatic carbocycles. The summed E-state index contributed by atoms with van der Waals surface area (Å²) in [5, 5.41) is 11.9. The third kappa shape index (κ3) is 3.76. The molecule has 0 fully saturated rings. The lowest BCUT2D eigenvalue weighted by Crippen LogP contribution is -2.07. The highest BCUT2D eigenvalue weighted by Crippen LogP contribution is 2.29. The van der Waals surface area contributed by atoms with Crippen molar-refractivity contribution in [3.8, 4) is 6.07 Å². The quantitative estimate of drug-likeness (QED) is 0.903. The van der Waals surface area contributed by atoms with Crippen LogP contribution in [0.25, 0.3) is 0 Å². The molecule has 0 aliphatic rings. The van der Waals surface area contributed by atoms with Gasteiger partial charge in [0.2, 0.25) is 0 Å². The molecule has 0 spiro atoms. The van der Waals surface area contributed by atoms with E-state index >= 15 is 0 Å². The van der Waals surface area contributed by atoms with Gasteiger partial charge in [0.25, 0.3) is 0 Å². The summed E-state index contributed by atoms with van der Waals surface area (Å²) >= 11 is 0. The molecule has 0 radical (unpaired) electrons. The molecule has 2 rings (SSSR count). The third-order valence-electron chi connectivity index (χ3n) is 3.10. The van der Waals surface area contributed by atoms with Crippen LogP contribution < -0.4 is 5.32 Å². The minimum Gasteiger partial charge on any atom is -0.381 e. The lowest BCUT2D eigenvalue weighted by molar-refractivity contribution is -0.137. The Kier molecular flexibility index (Phi) is 4.18. The molecule has 0 unspecified atom stereocenters. The third-order valence-corrected chi connectivity index (χ3v) is 3.10. The normalized spacial score (nSPS) is 11.0. The van der Waals surface area contributed by atoms with Gasteiger partial charge in [-0.1, -0.05) is 12.1 Å². The van der Waals surface area contributed by atoms with Crippen LogP contribution >= 0.6 is 0 Å². The summed E-state index contributed by atoms with van der Waals surface area (Å²) in [6.45, 7) is 2.10. The highest BCUT2D eigenvalue weighted by atomic mass is 19.4. The number of alkyl halides is 3. The van der Waals surface area contributed by atoms with E-state index in [9.17, 15) is 13.2 Å². The fraction of sp³-hybridized carbons (Fsp3) is 0.188. The van der Waals surface area contributed by atoms with Crippen LogP contribution in [-0.2, 0) is 12.7 Å². The Morgan fingerprint density at radius 1 is 1.14 bits per heavy atom. The Hall–Kier alpha value is -2.48. The van der Waals surface area contributed by atoms with E-state index in [1.165, 1.54) is 6.07 Å². The summed E-state index contributed by atoms with van der Waals surface area (Å²) in [4.78, 5) is 0. The average molecular weight is 290 g/mol. The summed E-state index contributed by atoms with van der Waals surface area (Å²) in [5.41, 5.74) is 2.07. The highest BCUT2D eigenvalue weighted by Gasteiger charge is 2.30. The molecule has 2 aromatic rings. The molecule has 0 saturated carbocycles. The van der Waals surface area contributed by atoms with E-state index in [1.807, 2.05) is 6.92 Å². The van der Waals surface area contributed by atoms with Crippen LogP contribution in [0.2, 0.25) is 0 Å². The van der Waals surface area contributed by atoms with Crippen LogP contribution in [0, 0.1) is 18.3 Å². The molecule has 5 heteroatoms. The first kappa shape index (κ1) is 14.9. The monoisotopic (exact) mass is 290 g/mol. The summed E-state index contributed by atoms with van der Waals surface area (Å²) < 4.78 is 37.8. The maximum absolute atomic E-state index is 12.6. The molecule has 0 heterocycles. The number of nitrogens with one attached hydrogen (secondary N) is 1.